The lowest BCUT2D eigenvalue weighted by atomic mass is 10.2. The number of pyridine rings is 1. The number of nitrogens with one attached hydrogen (secondary N) is 1. The summed E-state index contributed by atoms with van der Waals surface area (Å²) < 4.78 is 5.31. The second-order valence-electron chi connectivity index (χ2n) is 4.61. The Hall–Kier alpha value is -1.99. The van der Waals surface area contributed by atoms with Gasteiger partial charge < -0.3 is 20.9 Å². The Balaban J connectivity index is 1.85. The summed E-state index contributed by atoms with van der Waals surface area (Å²) in [4.78, 5) is 26.7. The first kappa shape index (κ1) is 14.4. The normalized spacial score (nSPS) is 21.6. The molecular weight excluding hydrogens is 262 g/mol. The lowest BCUT2D eigenvalue weighted by Crippen LogP contribution is -2.33. The zero-order chi connectivity index (χ0) is 14.5. The second kappa shape index (κ2) is 6.44. The predicted octanol–water partition coefficient (Wildman–Crippen LogP) is -0.0977. The van der Waals surface area contributed by atoms with Gasteiger partial charge in [-0.05, 0) is 25.0 Å². The Morgan fingerprint density at radius 3 is 2.95 bits per heavy atom. The van der Waals surface area contributed by atoms with Crippen LogP contribution in [0.1, 0.15) is 28.9 Å². The molecule has 20 heavy (non-hydrogen) atoms. The van der Waals surface area contributed by atoms with Crippen molar-refractivity contribution in [3.8, 4) is 0 Å². The maximum absolute atomic E-state index is 11.9. The van der Waals surface area contributed by atoms with Crippen molar-refractivity contribution in [1.82, 2.24) is 10.3 Å². The number of hydrogen-bond acceptors (Lipinski definition) is 5. The van der Waals surface area contributed by atoms with E-state index in [4.69, 9.17) is 15.6 Å². The number of nitrogens with zero attached hydrogens (tertiary/aromatic N) is 1. The van der Waals surface area contributed by atoms with Crippen molar-refractivity contribution in [2.75, 3.05) is 6.54 Å². The SMILES string of the molecule is NCc1cc(C(=O)NCC2CCC(C(=O)O)O2)ccn1. The largest absolute Gasteiger partial charge is 0.479 e. The van der Waals surface area contributed by atoms with E-state index in [1.165, 1.54) is 6.20 Å². The molecule has 0 spiro atoms. The van der Waals surface area contributed by atoms with E-state index in [0.717, 1.165) is 0 Å². The van der Waals surface area contributed by atoms with Crippen molar-refractivity contribution in [3.63, 3.8) is 0 Å². The minimum absolute atomic E-state index is 0.246. The summed E-state index contributed by atoms with van der Waals surface area (Å²) in [6.07, 6.45) is 1.62. The fraction of sp³-hybridized carbons (Fsp3) is 0.462. The van der Waals surface area contributed by atoms with E-state index in [1.807, 2.05) is 0 Å². The van der Waals surface area contributed by atoms with Gasteiger partial charge in [-0.3, -0.25) is 9.78 Å². The van der Waals surface area contributed by atoms with Crippen LogP contribution < -0.4 is 11.1 Å². The third-order valence-corrected chi connectivity index (χ3v) is 3.16. The molecule has 0 radical (unpaired) electrons. The average Bonchev–Trinajstić information content (AvgIpc) is 2.94. The van der Waals surface area contributed by atoms with E-state index in [2.05, 4.69) is 10.3 Å². The Morgan fingerprint density at radius 1 is 1.50 bits per heavy atom. The molecule has 1 saturated heterocycles. The van der Waals surface area contributed by atoms with Gasteiger partial charge in [-0.15, -0.1) is 0 Å². The predicted molar refractivity (Wildman–Crippen MR) is 70.0 cm³/mol. The molecular formula is C13H17N3O4. The number of rotatable bonds is 5. The Labute approximate surface area is 116 Å². The van der Waals surface area contributed by atoms with Crippen LogP contribution in [0.3, 0.4) is 0 Å². The zero-order valence-electron chi connectivity index (χ0n) is 10.9. The molecule has 2 rings (SSSR count). The quantitative estimate of drug-likeness (QED) is 0.693. The summed E-state index contributed by atoms with van der Waals surface area (Å²) >= 11 is 0. The van der Waals surface area contributed by atoms with Crippen LogP contribution >= 0.6 is 0 Å². The maximum Gasteiger partial charge on any atom is 0.332 e. The van der Waals surface area contributed by atoms with Crippen LogP contribution in [0.25, 0.3) is 0 Å². The summed E-state index contributed by atoms with van der Waals surface area (Å²) in [5, 5.41) is 11.5. The van der Waals surface area contributed by atoms with Crippen LogP contribution in [-0.4, -0.2) is 40.7 Å². The smallest absolute Gasteiger partial charge is 0.332 e. The van der Waals surface area contributed by atoms with Gasteiger partial charge in [0.2, 0.25) is 0 Å². The summed E-state index contributed by atoms with van der Waals surface area (Å²) in [5.41, 5.74) is 6.59. The van der Waals surface area contributed by atoms with Gasteiger partial charge in [0.1, 0.15) is 0 Å². The molecule has 7 nitrogen and oxygen atoms in total. The molecule has 1 amide bonds. The van der Waals surface area contributed by atoms with Crippen LogP contribution in [0.15, 0.2) is 18.3 Å². The van der Waals surface area contributed by atoms with Gasteiger partial charge in [0.05, 0.1) is 11.8 Å². The standard InChI is InChI=1S/C13H17N3O4/c14-6-9-5-8(3-4-15-9)12(17)16-7-10-1-2-11(20-10)13(18)19/h3-5,10-11H,1-2,6-7,14H2,(H,16,17)(H,18,19). The molecule has 0 aliphatic carbocycles. The number of ether oxygens (including phenoxy) is 1. The minimum atomic E-state index is -0.958. The first-order valence-electron chi connectivity index (χ1n) is 6.41. The molecule has 1 aliphatic heterocycles. The van der Waals surface area contributed by atoms with E-state index < -0.39 is 12.1 Å². The van der Waals surface area contributed by atoms with Gasteiger partial charge in [-0.25, -0.2) is 4.79 Å². The van der Waals surface area contributed by atoms with Crippen LogP contribution in [0.4, 0.5) is 0 Å². The Morgan fingerprint density at radius 2 is 2.30 bits per heavy atom. The average molecular weight is 279 g/mol. The highest BCUT2D eigenvalue weighted by Crippen LogP contribution is 2.19. The molecule has 1 aliphatic rings. The molecule has 7 heteroatoms. The van der Waals surface area contributed by atoms with Crippen molar-refractivity contribution < 1.29 is 19.4 Å². The lowest BCUT2D eigenvalue weighted by Gasteiger charge is -2.12. The first-order valence-corrected chi connectivity index (χ1v) is 6.41. The van der Waals surface area contributed by atoms with Crippen molar-refractivity contribution in [2.24, 2.45) is 5.73 Å². The number of carboxylic acids is 1. The molecule has 2 atom stereocenters. The fourth-order valence-electron chi connectivity index (χ4n) is 2.08. The lowest BCUT2D eigenvalue weighted by molar-refractivity contribution is -0.149. The summed E-state index contributed by atoms with van der Waals surface area (Å²) in [5.74, 6) is -1.20. The van der Waals surface area contributed by atoms with Gasteiger partial charge in [-0.2, -0.15) is 0 Å². The van der Waals surface area contributed by atoms with Crippen LogP contribution in [0, 0.1) is 0 Å². The van der Waals surface area contributed by atoms with Crippen LogP contribution in [-0.2, 0) is 16.1 Å². The van der Waals surface area contributed by atoms with Crippen molar-refractivity contribution >= 4 is 11.9 Å². The van der Waals surface area contributed by atoms with Crippen LogP contribution in [0.5, 0.6) is 0 Å². The number of carbonyl (C=O) groups is 2. The molecule has 0 aromatic carbocycles. The molecule has 0 bridgehead atoms. The van der Waals surface area contributed by atoms with Gasteiger partial charge in [0.15, 0.2) is 6.10 Å². The van der Waals surface area contributed by atoms with Crippen molar-refractivity contribution in [3.05, 3.63) is 29.6 Å². The van der Waals surface area contributed by atoms with Crippen molar-refractivity contribution in [1.29, 1.82) is 0 Å². The van der Waals surface area contributed by atoms with E-state index >= 15 is 0 Å². The first-order chi connectivity index (χ1) is 9.60. The molecule has 4 N–H and O–H groups in total. The van der Waals surface area contributed by atoms with Crippen LogP contribution in [0.2, 0.25) is 0 Å². The topological polar surface area (TPSA) is 115 Å². The third kappa shape index (κ3) is 3.52. The number of nitrogens with two attached hydrogens (primary N) is 1. The fourth-order valence-corrected chi connectivity index (χ4v) is 2.08. The molecule has 108 valence electrons. The van der Waals surface area contributed by atoms with Gasteiger partial charge in [0.25, 0.3) is 5.91 Å². The van der Waals surface area contributed by atoms with Gasteiger partial charge >= 0.3 is 5.97 Å². The maximum atomic E-state index is 11.9. The summed E-state index contributed by atoms with van der Waals surface area (Å²) in [7, 11) is 0. The number of amides is 1. The Bertz CT molecular complexity index is 506. The third-order valence-electron chi connectivity index (χ3n) is 3.16. The van der Waals surface area contributed by atoms with E-state index in [1.54, 1.807) is 12.1 Å². The number of hydrogen-bond donors (Lipinski definition) is 3. The van der Waals surface area contributed by atoms with Gasteiger partial charge in [0, 0.05) is 24.8 Å². The zero-order valence-corrected chi connectivity index (χ0v) is 10.9. The molecule has 1 aromatic heterocycles. The Kier molecular flexibility index (Phi) is 4.65. The van der Waals surface area contributed by atoms with E-state index in [9.17, 15) is 9.59 Å². The van der Waals surface area contributed by atoms with E-state index in [-0.39, 0.29) is 18.6 Å². The van der Waals surface area contributed by atoms with E-state index in [0.29, 0.717) is 30.6 Å². The molecule has 1 aromatic rings. The number of aliphatic carboxylic acids is 1. The summed E-state index contributed by atoms with van der Waals surface area (Å²) in [6, 6.07) is 3.23. The molecule has 2 heterocycles. The highest BCUT2D eigenvalue weighted by Gasteiger charge is 2.30. The van der Waals surface area contributed by atoms with Crippen molar-refractivity contribution in [2.45, 2.75) is 31.6 Å². The number of aromatic nitrogens is 1. The monoisotopic (exact) mass is 279 g/mol. The number of carboxylic acid groups (broad SMARTS) is 1. The minimum Gasteiger partial charge on any atom is -0.479 e. The molecule has 1 fully saturated rings. The molecule has 2 unspecified atom stereocenters. The molecule has 0 saturated carbocycles. The summed E-state index contributed by atoms with van der Waals surface area (Å²) in [6.45, 7) is 0.566. The highest BCUT2D eigenvalue weighted by atomic mass is 16.5. The van der Waals surface area contributed by atoms with Gasteiger partial charge in [-0.1, -0.05) is 0 Å². The number of carbonyl (C=O) groups excluding carboxylic acids is 1. The second-order valence-corrected chi connectivity index (χ2v) is 4.61. The highest BCUT2D eigenvalue weighted by molar-refractivity contribution is 5.94.